The summed E-state index contributed by atoms with van der Waals surface area (Å²) < 4.78 is 13.6. The third-order valence-corrected chi connectivity index (χ3v) is 5.12. The third-order valence-electron chi connectivity index (χ3n) is 4.82. The van der Waals surface area contributed by atoms with Gasteiger partial charge in [0.2, 0.25) is 0 Å². The maximum absolute atomic E-state index is 13.6. The molecule has 1 heterocycles. The van der Waals surface area contributed by atoms with Gasteiger partial charge >= 0.3 is 0 Å². The van der Waals surface area contributed by atoms with E-state index in [0.29, 0.717) is 10.7 Å². The van der Waals surface area contributed by atoms with Crippen molar-refractivity contribution in [3.8, 4) is 0 Å². The van der Waals surface area contributed by atoms with Crippen LogP contribution in [0.4, 0.5) is 15.8 Å². The lowest BCUT2D eigenvalue weighted by Gasteiger charge is -2.37. The molecule has 24 heavy (non-hydrogen) atoms. The first-order valence-corrected chi connectivity index (χ1v) is 8.09. The van der Waals surface area contributed by atoms with E-state index < -0.39 is 4.92 Å². The molecule has 0 saturated heterocycles. The molecular formula is C18H14ClFN2O2. The molecule has 0 radical (unpaired) electrons. The van der Waals surface area contributed by atoms with Crippen LogP contribution in [0.5, 0.6) is 0 Å². The molecule has 4 nitrogen and oxygen atoms in total. The smallest absolute Gasteiger partial charge is 0.271 e. The summed E-state index contributed by atoms with van der Waals surface area (Å²) in [5, 5.41) is 14.8. The Morgan fingerprint density at radius 1 is 1.29 bits per heavy atom. The number of nitro groups is 1. The molecule has 0 saturated carbocycles. The van der Waals surface area contributed by atoms with E-state index in [-0.39, 0.29) is 29.4 Å². The highest BCUT2D eigenvalue weighted by Gasteiger charge is 2.39. The van der Waals surface area contributed by atoms with Crippen LogP contribution in [0.1, 0.15) is 29.5 Å². The quantitative estimate of drug-likeness (QED) is 0.462. The van der Waals surface area contributed by atoms with Gasteiger partial charge in [-0.1, -0.05) is 35.9 Å². The fraction of sp³-hybridized carbons (Fsp3) is 0.222. The van der Waals surface area contributed by atoms with Crippen LogP contribution < -0.4 is 5.32 Å². The lowest BCUT2D eigenvalue weighted by molar-refractivity contribution is -0.384. The number of halogens is 2. The Morgan fingerprint density at radius 2 is 2.12 bits per heavy atom. The fourth-order valence-corrected chi connectivity index (χ4v) is 4.05. The summed E-state index contributed by atoms with van der Waals surface area (Å²) in [5.41, 5.74) is 2.38. The number of fused-ring (bicyclic) bond motifs is 3. The molecule has 2 aromatic carbocycles. The van der Waals surface area contributed by atoms with E-state index in [9.17, 15) is 14.5 Å². The Hall–Kier alpha value is -2.40. The number of benzene rings is 2. The van der Waals surface area contributed by atoms with Crippen molar-refractivity contribution >= 4 is 23.0 Å². The summed E-state index contributed by atoms with van der Waals surface area (Å²) in [6.07, 6.45) is 4.97. The molecular weight excluding hydrogens is 331 g/mol. The van der Waals surface area contributed by atoms with E-state index in [1.54, 1.807) is 12.1 Å². The minimum atomic E-state index is -0.432. The molecule has 4 rings (SSSR count). The second-order valence-electron chi connectivity index (χ2n) is 6.18. The van der Waals surface area contributed by atoms with Gasteiger partial charge in [-0.2, -0.15) is 0 Å². The minimum absolute atomic E-state index is 0.0104. The maximum atomic E-state index is 13.6. The first-order chi connectivity index (χ1) is 11.5. The van der Waals surface area contributed by atoms with Crippen molar-refractivity contribution < 1.29 is 9.31 Å². The first kappa shape index (κ1) is 15.1. The fourth-order valence-electron chi connectivity index (χ4n) is 3.78. The molecule has 0 spiro atoms. The summed E-state index contributed by atoms with van der Waals surface area (Å²) in [4.78, 5) is 10.7. The Morgan fingerprint density at radius 3 is 2.88 bits per heavy atom. The summed E-state index contributed by atoms with van der Waals surface area (Å²) in [6.45, 7) is 0. The average Bonchev–Trinajstić information content (AvgIpc) is 3.04. The molecule has 0 aromatic heterocycles. The predicted molar refractivity (Wildman–Crippen MR) is 90.9 cm³/mol. The number of anilines is 1. The molecule has 0 bridgehead atoms. The monoisotopic (exact) mass is 344 g/mol. The first-order valence-electron chi connectivity index (χ1n) is 7.71. The summed E-state index contributed by atoms with van der Waals surface area (Å²) in [7, 11) is 0. The maximum Gasteiger partial charge on any atom is 0.271 e. The van der Waals surface area contributed by atoms with Crippen molar-refractivity contribution in [3.05, 3.63) is 80.6 Å². The summed E-state index contributed by atoms with van der Waals surface area (Å²) >= 11 is 6.30. The number of nitrogens with zero attached hydrogens (tertiary/aromatic N) is 1. The number of rotatable bonds is 2. The van der Waals surface area contributed by atoms with Gasteiger partial charge in [0.25, 0.3) is 5.69 Å². The van der Waals surface area contributed by atoms with E-state index >= 15 is 0 Å². The van der Waals surface area contributed by atoms with Gasteiger partial charge in [0.05, 0.1) is 21.7 Å². The van der Waals surface area contributed by atoms with Crippen molar-refractivity contribution in [2.45, 2.75) is 18.4 Å². The highest BCUT2D eigenvalue weighted by molar-refractivity contribution is 6.33. The molecule has 1 N–H and O–H groups in total. The van der Waals surface area contributed by atoms with Gasteiger partial charge in [0.15, 0.2) is 0 Å². The van der Waals surface area contributed by atoms with E-state index in [1.807, 2.05) is 6.07 Å². The second-order valence-corrected chi connectivity index (χ2v) is 6.59. The minimum Gasteiger partial charge on any atom is -0.376 e. The van der Waals surface area contributed by atoms with Gasteiger partial charge in [0.1, 0.15) is 5.82 Å². The van der Waals surface area contributed by atoms with Crippen LogP contribution >= 0.6 is 11.6 Å². The van der Waals surface area contributed by atoms with E-state index in [4.69, 9.17) is 11.6 Å². The molecule has 0 amide bonds. The van der Waals surface area contributed by atoms with Crippen LogP contribution in [0.2, 0.25) is 5.02 Å². The molecule has 3 atom stereocenters. The molecule has 122 valence electrons. The van der Waals surface area contributed by atoms with Crippen LogP contribution in [0.15, 0.2) is 48.6 Å². The molecule has 2 unspecified atom stereocenters. The van der Waals surface area contributed by atoms with Gasteiger partial charge in [-0.05, 0) is 35.6 Å². The van der Waals surface area contributed by atoms with Crippen molar-refractivity contribution in [2.24, 2.45) is 5.92 Å². The predicted octanol–water partition coefficient (Wildman–Crippen LogP) is 5.21. The SMILES string of the molecule is O=[N+]([O-])c1cc(Cl)c2c(c1)C1C=CCC1[C@@H](c1cccc(F)c1)N2. The molecule has 6 heteroatoms. The number of hydrogen-bond acceptors (Lipinski definition) is 3. The molecule has 2 aliphatic rings. The van der Waals surface area contributed by atoms with Gasteiger partial charge in [0, 0.05) is 18.1 Å². The number of nitro benzene ring substituents is 1. The summed E-state index contributed by atoms with van der Waals surface area (Å²) in [6, 6.07) is 9.38. The number of hydrogen-bond donors (Lipinski definition) is 1. The van der Waals surface area contributed by atoms with E-state index in [0.717, 1.165) is 17.5 Å². The highest BCUT2D eigenvalue weighted by Crippen LogP contribution is 2.52. The molecule has 2 aromatic rings. The highest BCUT2D eigenvalue weighted by atomic mass is 35.5. The van der Waals surface area contributed by atoms with Crippen molar-refractivity contribution in [3.63, 3.8) is 0 Å². The molecule has 1 aliphatic heterocycles. The van der Waals surface area contributed by atoms with Crippen LogP contribution in [-0.2, 0) is 0 Å². The third kappa shape index (κ3) is 2.36. The number of nitrogens with one attached hydrogen (secondary N) is 1. The zero-order valence-corrected chi connectivity index (χ0v) is 13.3. The van der Waals surface area contributed by atoms with Crippen molar-refractivity contribution in [2.75, 3.05) is 5.32 Å². The Kier molecular flexibility index (Phi) is 3.53. The van der Waals surface area contributed by atoms with Crippen molar-refractivity contribution in [1.29, 1.82) is 0 Å². The van der Waals surface area contributed by atoms with E-state index in [1.165, 1.54) is 18.2 Å². The van der Waals surface area contributed by atoms with Crippen LogP contribution in [0, 0.1) is 21.8 Å². The van der Waals surface area contributed by atoms with Crippen molar-refractivity contribution in [1.82, 2.24) is 0 Å². The summed E-state index contributed by atoms with van der Waals surface area (Å²) in [5.74, 6) is -0.0679. The van der Waals surface area contributed by atoms with Gasteiger partial charge in [-0.15, -0.1) is 0 Å². The van der Waals surface area contributed by atoms with Crippen LogP contribution in [-0.4, -0.2) is 4.92 Å². The molecule has 1 aliphatic carbocycles. The van der Waals surface area contributed by atoms with Gasteiger partial charge in [-0.25, -0.2) is 4.39 Å². The Bertz CT molecular complexity index is 868. The van der Waals surface area contributed by atoms with Gasteiger partial charge in [-0.3, -0.25) is 10.1 Å². The Labute approximate surface area is 143 Å². The Balaban J connectivity index is 1.83. The largest absolute Gasteiger partial charge is 0.376 e. The zero-order valence-electron chi connectivity index (χ0n) is 12.6. The topological polar surface area (TPSA) is 55.2 Å². The van der Waals surface area contributed by atoms with Crippen LogP contribution in [0.25, 0.3) is 0 Å². The second kappa shape index (κ2) is 5.60. The number of non-ortho nitro benzene ring substituents is 1. The molecule has 0 fully saturated rings. The van der Waals surface area contributed by atoms with E-state index in [2.05, 4.69) is 17.5 Å². The normalized spacial score (nSPS) is 24.2. The van der Waals surface area contributed by atoms with Crippen LogP contribution in [0.3, 0.4) is 0 Å². The standard InChI is InChI=1S/C18H14ClFN2O2/c19-16-9-12(22(23)24)8-15-13-5-2-6-14(13)17(21-18(15)16)10-3-1-4-11(20)7-10/h1-5,7-9,13-14,17,21H,6H2/t13?,14?,17-/m1/s1. The number of allylic oxidation sites excluding steroid dienone is 2. The average molecular weight is 345 g/mol. The van der Waals surface area contributed by atoms with Gasteiger partial charge < -0.3 is 5.32 Å². The zero-order chi connectivity index (χ0) is 16.8. The lowest BCUT2D eigenvalue weighted by atomic mass is 9.77. The lowest BCUT2D eigenvalue weighted by Crippen LogP contribution is -2.29.